The molecule has 0 radical (unpaired) electrons. The Balaban J connectivity index is 2.96. The number of sulfonamides is 1. The number of aryl methyl sites for hydroxylation is 1. The van der Waals surface area contributed by atoms with E-state index in [4.69, 9.17) is 0 Å². The first-order chi connectivity index (χ1) is 8.70. The molecule has 8 nitrogen and oxygen atoms in total. The van der Waals surface area contributed by atoms with E-state index in [0.29, 0.717) is 6.54 Å². The van der Waals surface area contributed by atoms with Gasteiger partial charge in [0, 0.05) is 20.6 Å². The lowest BCUT2D eigenvalue weighted by Gasteiger charge is -2.20. The van der Waals surface area contributed by atoms with Gasteiger partial charge in [-0.15, -0.1) is 5.10 Å². The molecule has 0 aliphatic rings. The molecule has 1 aromatic heterocycles. The number of hydrogen-bond donors (Lipinski definition) is 1. The summed E-state index contributed by atoms with van der Waals surface area (Å²) < 4.78 is 27.8. The second kappa shape index (κ2) is 5.97. The van der Waals surface area contributed by atoms with Crippen molar-refractivity contribution in [2.75, 3.05) is 13.6 Å². The lowest BCUT2D eigenvalue weighted by molar-refractivity contribution is -0.131. The summed E-state index contributed by atoms with van der Waals surface area (Å²) in [5.41, 5.74) is 0. The molecule has 0 saturated heterocycles. The molecule has 0 aliphatic carbocycles. The fourth-order valence-corrected chi connectivity index (χ4v) is 3.73. The highest BCUT2D eigenvalue weighted by molar-refractivity contribution is 9.10. The van der Waals surface area contributed by atoms with E-state index in [1.165, 1.54) is 18.9 Å². The van der Waals surface area contributed by atoms with Crippen LogP contribution in [0.5, 0.6) is 0 Å². The molecule has 0 aliphatic heterocycles. The van der Waals surface area contributed by atoms with Crippen LogP contribution in [0.2, 0.25) is 0 Å². The van der Waals surface area contributed by atoms with Crippen molar-refractivity contribution < 1.29 is 13.2 Å². The minimum absolute atomic E-state index is 0.103. The topological polar surface area (TPSA) is 97.2 Å². The molecule has 0 spiro atoms. The van der Waals surface area contributed by atoms with Crippen LogP contribution >= 0.6 is 15.9 Å². The summed E-state index contributed by atoms with van der Waals surface area (Å²) in [5.74, 6) is -0.308. The second-order valence-corrected chi connectivity index (χ2v) is 6.38. The van der Waals surface area contributed by atoms with Crippen LogP contribution in [0.1, 0.15) is 13.8 Å². The molecule has 0 aromatic carbocycles. The van der Waals surface area contributed by atoms with Crippen molar-refractivity contribution in [3.63, 3.8) is 0 Å². The van der Waals surface area contributed by atoms with Crippen molar-refractivity contribution in [1.29, 1.82) is 0 Å². The molecular formula is C9H16BrN5O3S. The number of carbonyl (C=O) groups is 1. The monoisotopic (exact) mass is 353 g/mol. The highest BCUT2D eigenvalue weighted by Crippen LogP contribution is 2.17. The van der Waals surface area contributed by atoms with Crippen molar-refractivity contribution in [2.45, 2.75) is 24.9 Å². The number of aromatic nitrogens is 3. The average molecular weight is 354 g/mol. The van der Waals surface area contributed by atoms with E-state index < -0.39 is 16.1 Å². The number of halogens is 1. The number of likely N-dealkylation sites (N-methyl/N-ethyl adjacent to an activating group) is 1. The predicted molar refractivity (Wildman–Crippen MR) is 71.8 cm³/mol. The second-order valence-electron chi connectivity index (χ2n) is 4.00. The maximum Gasteiger partial charge on any atom is 0.261 e. The molecule has 1 N–H and O–H groups in total. The molecule has 1 heterocycles. The van der Waals surface area contributed by atoms with E-state index in [0.717, 1.165) is 4.68 Å². The van der Waals surface area contributed by atoms with Crippen LogP contribution in [0.25, 0.3) is 0 Å². The van der Waals surface area contributed by atoms with Crippen LogP contribution < -0.4 is 4.72 Å². The van der Waals surface area contributed by atoms with Gasteiger partial charge in [0.2, 0.25) is 10.9 Å². The largest absolute Gasteiger partial charge is 0.345 e. The third kappa shape index (κ3) is 3.51. The summed E-state index contributed by atoms with van der Waals surface area (Å²) in [4.78, 5) is 13.3. The van der Waals surface area contributed by atoms with E-state index >= 15 is 0 Å². The van der Waals surface area contributed by atoms with E-state index in [1.807, 2.05) is 0 Å². The summed E-state index contributed by atoms with van der Waals surface area (Å²) in [5, 5.41) is 7.07. The van der Waals surface area contributed by atoms with Crippen LogP contribution in [0.4, 0.5) is 0 Å². The van der Waals surface area contributed by atoms with Gasteiger partial charge < -0.3 is 4.90 Å². The molecule has 0 fully saturated rings. The van der Waals surface area contributed by atoms with Gasteiger partial charge in [-0.2, -0.15) is 4.72 Å². The fourth-order valence-electron chi connectivity index (χ4n) is 1.43. The zero-order chi connectivity index (χ0) is 14.8. The number of rotatable bonds is 5. The average Bonchev–Trinajstić information content (AvgIpc) is 2.66. The third-order valence-corrected chi connectivity index (χ3v) is 4.97. The first-order valence-electron chi connectivity index (χ1n) is 5.53. The minimum atomic E-state index is -3.87. The first-order valence-corrected chi connectivity index (χ1v) is 7.80. The number of nitrogens with one attached hydrogen (secondary N) is 1. The zero-order valence-electron chi connectivity index (χ0n) is 11.1. The molecule has 1 rings (SSSR count). The normalized spacial score (nSPS) is 13.3. The van der Waals surface area contributed by atoms with Gasteiger partial charge in [0.1, 0.15) is 0 Å². The number of carbonyl (C=O) groups excluding carboxylic acids is 1. The maximum atomic E-state index is 12.1. The smallest absolute Gasteiger partial charge is 0.261 e. The van der Waals surface area contributed by atoms with Crippen molar-refractivity contribution in [3.8, 4) is 0 Å². The van der Waals surface area contributed by atoms with Crippen molar-refractivity contribution >= 4 is 31.9 Å². The summed E-state index contributed by atoms with van der Waals surface area (Å²) in [6, 6.07) is -0.864. The quantitative estimate of drug-likeness (QED) is 0.785. The Hall–Kier alpha value is -1.00. The first kappa shape index (κ1) is 16.1. The van der Waals surface area contributed by atoms with Gasteiger partial charge in [-0.3, -0.25) is 4.79 Å². The zero-order valence-corrected chi connectivity index (χ0v) is 13.5. The standard InChI is InChI=1S/C9H16BrN5O3S/c1-5-14(3)8(16)6(2)12-19(17,18)9-7(10)11-13-15(9)4/h6,12H,5H2,1-4H3. The van der Waals surface area contributed by atoms with E-state index in [9.17, 15) is 13.2 Å². The highest BCUT2D eigenvalue weighted by Gasteiger charge is 2.28. The van der Waals surface area contributed by atoms with E-state index in [1.54, 1.807) is 14.0 Å². The Morgan fingerprint density at radius 2 is 2.16 bits per heavy atom. The fraction of sp³-hybridized carbons (Fsp3) is 0.667. The van der Waals surface area contributed by atoms with Gasteiger partial charge in [-0.05, 0) is 29.8 Å². The molecule has 0 saturated carbocycles. The molecular weight excluding hydrogens is 338 g/mol. The molecule has 1 amide bonds. The Kier molecular flexibility index (Phi) is 5.04. The van der Waals surface area contributed by atoms with Gasteiger partial charge in [0.05, 0.1) is 6.04 Å². The van der Waals surface area contributed by atoms with Gasteiger partial charge >= 0.3 is 0 Å². The van der Waals surface area contributed by atoms with E-state index in [-0.39, 0.29) is 15.5 Å². The highest BCUT2D eigenvalue weighted by atomic mass is 79.9. The molecule has 10 heteroatoms. The summed E-state index contributed by atoms with van der Waals surface area (Å²) in [7, 11) is -0.810. The van der Waals surface area contributed by atoms with Crippen molar-refractivity contribution in [1.82, 2.24) is 24.6 Å². The lowest BCUT2D eigenvalue weighted by atomic mass is 10.3. The Morgan fingerprint density at radius 3 is 2.58 bits per heavy atom. The van der Waals surface area contributed by atoms with E-state index in [2.05, 4.69) is 31.0 Å². The van der Waals surface area contributed by atoms with Crippen LogP contribution in [-0.4, -0.2) is 53.9 Å². The minimum Gasteiger partial charge on any atom is -0.345 e. The van der Waals surface area contributed by atoms with Gasteiger partial charge in [0.15, 0.2) is 4.60 Å². The van der Waals surface area contributed by atoms with Crippen LogP contribution in [-0.2, 0) is 21.9 Å². The molecule has 1 unspecified atom stereocenters. The maximum absolute atomic E-state index is 12.1. The van der Waals surface area contributed by atoms with Crippen LogP contribution in [0.15, 0.2) is 9.63 Å². The molecule has 108 valence electrons. The van der Waals surface area contributed by atoms with Gasteiger partial charge in [-0.25, -0.2) is 13.1 Å². The molecule has 19 heavy (non-hydrogen) atoms. The number of hydrogen-bond acceptors (Lipinski definition) is 5. The SMILES string of the molecule is CCN(C)C(=O)C(C)NS(=O)(=O)c1c(Br)nnn1C. The molecule has 0 bridgehead atoms. The Labute approximate surface area is 120 Å². The van der Waals surface area contributed by atoms with Crippen molar-refractivity contribution in [3.05, 3.63) is 4.60 Å². The van der Waals surface area contributed by atoms with Gasteiger partial charge in [0.25, 0.3) is 10.0 Å². The lowest BCUT2D eigenvalue weighted by Crippen LogP contribution is -2.45. The summed E-state index contributed by atoms with van der Waals surface area (Å²) in [6.45, 7) is 3.80. The summed E-state index contributed by atoms with van der Waals surface area (Å²) >= 11 is 3.01. The molecule has 1 aromatic rings. The third-order valence-electron chi connectivity index (χ3n) is 2.54. The van der Waals surface area contributed by atoms with Crippen LogP contribution in [0.3, 0.4) is 0 Å². The summed E-state index contributed by atoms with van der Waals surface area (Å²) in [6.07, 6.45) is 0. The van der Waals surface area contributed by atoms with Gasteiger partial charge in [-0.1, -0.05) is 5.21 Å². The van der Waals surface area contributed by atoms with Crippen LogP contribution in [0, 0.1) is 0 Å². The number of amides is 1. The predicted octanol–water partition coefficient (Wildman–Crippen LogP) is -0.277. The van der Waals surface area contributed by atoms with Crippen molar-refractivity contribution in [2.24, 2.45) is 7.05 Å². The Morgan fingerprint density at radius 1 is 1.58 bits per heavy atom. The number of nitrogens with zero attached hydrogens (tertiary/aromatic N) is 4. The molecule has 1 atom stereocenters. The Bertz CT molecular complexity index is 551.